The number of unbranched alkanes of at least 4 members (excludes halogenated alkanes) is 9. The Morgan fingerprint density at radius 1 is 0.833 bits per heavy atom. The van der Waals surface area contributed by atoms with E-state index >= 15 is 0 Å². The van der Waals surface area contributed by atoms with Gasteiger partial charge in [0.15, 0.2) is 0 Å². The number of carbonyl (C=O) groups is 1. The second kappa shape index (κ2) is 14.3. The van der Waals surface area contributed by atoms with E-state index in [2.05, 4.69) is 19.1 Å². The third kappa shape index (κ3) is 15.2. The van der Waals surface area contributed by atoms with Gasteiger partial charge in [0, 0.05) is 5.97 Å². The van der Waals surface area contributed by atoms with Gasteiger partial charge in [0.2, 0.25) is 0 Å². The first-order valence-corrected chi connectivity index (χ1v) is 7.62. The highest BCUT2D eigenvalue weighted by Crippen LogP contribution is 2.09. The second-order valence-electron chi connectivity index (χ2n) is 5.00. The number of aliphatic carboxylic acids is 1. The molecule has 0 aliphatic carbocycles. The highest BCUT2D eigenvalue weighted by molar-refractivity contribution is 5.64. The fraction of sp³-hybridized carbons (Fsp3) is 0.812. The van der Waals surface area contributed by atoms with Crippen LogP contribution < -0.4 is 5.11 Å². The second-order valence-corrected chi connectivity index (χ2v) is 5.00. The van der Waals surface area contributed by atoms with E-state index in [4.69, 9.17) is 0 Å². The number of carbonyl (C=O) groups excluding carboxylic acids is 1. The number of carboxylic acid groups (broad SMARTS) is 1. The van der Waals surface area contributed by atoms with Gasteiger partial charge < -0.3 is 9.90 Å². The lowest BCUT2D eigenvalue weighted by Gasteiger charge is -2.00. The number of allylic oxidation sites excluding steroid dienone is 2. The third-order valence-corrected chi connectivity index (χ3v) is 3.14. The molecule has 0 aromatic heterocycles. The summed E-state index contributed by atoms with van der Waals surface area (Å²) in [5, 5.41) is 10.2. The Morgan fingerprint density at radius 2 is 1.33 bits per heavy atom. The Morgan fingerprint density at radius 3 is 1.89 bits per heavy atom. The van der Waals surface area contributed by atoms with Gasteiger partial charge in [-0.2, -0.15) is 0 Å². The van der Waals surface area contributed by atoms with E-state index in [9.17, 15) is 9.90 Å². The van der Waals surface area contributed by atoms with E-state index in [-0.39, 0.29) is 6.42 Å². The maximum Gasteiger partial charge on any atom is 0.0414 e. The number of carboxylic acids is 1. The van der Waals surface area contributed by atoms with Crippen LogP contribution in [0.15, 0.2) is 12.2 Å². The molecule has 0 radical (unpaired) electrons. The van der Waals surface area contributed by atoms with E-state index in [1.54, 1.807) is 0 Å². The molecule has 0 unspecified atom stereocenters. The van der Waals surface area contributed by atoms with Crippen molar-refractivity contribution in [1.82, 2.24) is 0 Å². The van der Waals surface area contributed by atoms with Crippen LogP contribution in [0.25, 0.3) is 0 Å². The molecule has 18 heavy (non-hydrogen) atoms. The molecular weight excluding hydrogens is 224 g/mol. The van der Waals surface area contributed by atoms with Crippen LogP contribution in [0, 0.1) is 0 Å². The Bertz CT molecular complexity index is 209. The van der Waals surface area contributed by atoms with Crippen LogP contribution in [0.2, 0.25) is 0 Å². The lowest BCUT2D eigenvalue weighted by molar-refractivity contribution is -0.305. The highest BCUT2D eigenvalue weighted by Gasteiger charge is 1.90. The monoisotopic (exact) mass is 253 g/mol. The van der Waals surface area contributed by atoms with E-state index < -0.39 is 5.97 Å². The molecule has 106 valence electrons. The van der Waals surface area contributed by atoms with Gasteiger partial charge in [-0.25, -0.2) is 0 Å². The van der Waals surface area contributed by atoms with Crippen LogP contribution in [0.4, 0.5) is 0 Å². The highest BCUT2D eigenvalue weighted by atomic mass is 16.4. The number of hydrogen-bond acceptors (Lipinski definition) is 2. The maximum absolute atomic E-state index is 10.2. The maximum atomic E-state index is 10.2. The molecule has 0 aliphatic heterocycles. The zero-order valence-electron chi connectivity index (χ0n) is 12.0. The van der Waals surface area contributed by atoms with Crippen molar-refractivity contribution in [3.8, 4) is 0 Å². The zero-order valence-corrected chi connectivity index (χ0v) is 12.0. The van der Waals surface area contributed by atoms with Gasteiger partial charge >= 0.3 is 0 Å². The Hall–Kier alpha value is -0.790. The number of hydrogen-bond donors (Lipinski definition) is 0. The summed E-state index contributed by atoms with van der Waals surface area (Å²) in [6.45, 7) is 2.25. The quantitative estimate of drug-likeness (QED) is 0.368. The van der Waals surface area contributed by atoms with E-state index in [1.165, 1.54) is 51.4 Å². The minimum absolute atomic E-state index is 0.200. The normalized spacial score (nSPS) is 11.2. The molecule has 0 amide bonds. The molecule has 0 spiro atoms. The lowest BCUT2D eigenvalue weighted by Crippen LogP contribution is -2.21. The van der Waals surface area contributed by atoms with Gasteiger partial charge in [-0.15, -0.1) is 0 Å². The standard InChI is InChI=1S/C16H30O2/c1-2-3-4-5-6-7-8-9-10-11-12-13-14-15-16(17)18/h10-11H,2-9,12-15H2,1H3,(H,17,18)/p-1. The molecule has 2 nitrogen and oxygen atoms in total. The molecule has 0 aromatic carbocycles. The van der Waals surface area contributed by atoms with Gasteiger partial charge in [0.05, 0.1) is 0 Å². The molecule has 0 bridgehead atoms. The van der Waals surface area contributed by atoms with Crippen molar-refractivity contribution in [2.75, 3.05) is 0 Å². The molecule has 0 atom stereocenters. The van der Waals surface area contributed by atoms with Gasteiger partial charge in [0.25, 0.3) is 0 Å². The average molecular weight is 253 g/mol. The van der Waals surface area contributed by atoms with E-state index in [0.29, 0.717) is 0 Å². The van der Waals surface area contributed by atoms with Crippen LogP contribution in [-0.2, 0) is 4.79 Å². The van der Waals surface area contributed by atoms with Crippen LogP contribution >= 0.6 is 0 Å². The van der Waals surface area contributed by atoms with E-state index in [0.717, 1.165) is 19.3 Å². The smallest absolute Gasteiger partial charge is 0.0414 e. The summed E-state index contributed by atoms with van der Waals surface area (Å²) >= 11 is 0. The van der Waals surface area contributed by atoms with Crippen molar-refractivity contribution in [3.63, 3.8) is 0 Å². The molecule has 0 fully saturated rings. The SMILES string of the molecule is CCCCCCCCCC=CCCCCC(=O)[O-]. The Balaban J connectivity index is 3.06. The van der Waals surface area contributed by atoms with Crippen LogP contribution in [-0.4, -0.2) is 5.97 Å². The Labute approximate surface area is 112 Å². The lowest BCUT2D eigenvalue weighted by atomic mass is 10.1. The fourth-order valence-corrected chi connectivity index (χ4v) is 1.99. The third-order valence-electron chi connectivity index (χ3n) is 3.14. The largest absolute Gasteiger partial charge is 0.550 e. The van der Waals surface area contributed by atoms with Crippen LogP contribution in [0.1, 0.15) is 84.0 Å². The molecule has 0 rings (SSSR count). The van der Waals surface area contributed by atoms with Gasteiger partial charge in [-0.3, -0.25) is 0 Å². The summed E-state index contributed by atoms with van der Waals surface area (Å²) in [5.74, 6) is -0.929. The first-order valence-electron chi connectivity index (χ1n) is 7.62. The first kappa shape index (κ1) is 17.2. The summed E-state index contributed by atoms with van der Waals surface area (Å²) < 4.78 is 0. The van der Waals surface area contributed by atoms with Crippen molar-refractivity contribution in [2.24, 2.45) is 0 Å². The van der Waals surface area contributed by atoms with Crippen LogP contribution in [0.5, 0.6) is 0 Å². The fourth-order valence-electron chi connectivity index (χ4n) is 1.99. The predicted octanol–water partition coefficient (Wildman–Crippen LogP) is 3.99. The Kier molecular flexibility index (Phi) is 13.6. The molecule has 0 aliphatic rings. The number of rotatable bonds is 13. The molecule has 0 heterocycles. The minimum atomic E-state index is -0.929. The van der Waals surface area contributed by atoms with Crippen molar-refractivity contribution >= 4 is 5.97 Å². The molecule has 2 heteroatoms. The van der Waals surface area contributed by atoms with Crippen LogP contribution in [0.3, 0.4) is 0 Å². The van der Waals surface area contributed by atoms with Crippen molar-refractivity contribution < 1.29 is 9.90 Å². The molecular formula is C16H29O2-. The summed E-state index contributed by atoms with van der Waals surface area (Å²) in [6.07, 6.45) is 18.0. The summed E-state index contributed by atoms with van der Waals surface area (Å²) in [4.78, 5) is 10.2. The van der Waals surface area contributed by atoms with Crippen molar-refractivity contribution in [1.29, 1.82) is 0 Å². The molecule has 0 N–H and O–H groups in total. The summed E-state index contributed by atoms with van der Waals surface area (Å²) in [5.41, 5.74) is 0. The first-order chi connectivity index (χ1) is 8.77. The van der Waals surface area contributed by atoms with Gasteiger partial charge in [-0.1, -0.05) is 57.6 Å². The van der Waals surface area contributed by atoms with Crippen molar-refractivity contribution in [3.05, 3.63) is 12.2 Å². The van der Waals surface area contributed by atoms with Gasteiger partial charge in [-0.05, 0) is 38.5 Å². The zero-order chi connectivity index (χ0) is 13.5. The predicted molar refractivity (Wildman–Crippen MR) is 75.2 cm³/mol. The molecule has 0 aromatic rings. The average Bonchev–Trinajstić information content (AvgIpc) is 2.34. The summed E-state index contributed by atoms with van der Waals surface area (Å²) in [6, 6.07) is 0. The minimum Gasteiger partial charge on any atom is -0.550 e. The molecule has 0 saturated carbocycles. The molecule has 0 saturated heterocycles. The van der Waals surface area contributed by atoms with E-state index in [1.807, 2.05) is 0 Å². The van der Waals surface area contributed by atoms with Crippen molar-refractivity contribution in [2.45, 2.75) is 84.0 Å². The topological polar surface area (TPSA) is 40.1 Å². The van der Waals surface area contributed by atoms with Gasteiger partial charge in [0.1, 0.15) is 0 Å². The summed E-state index contributed by atoms with van der Waals surface area (Å²) in [7, 11) is 0.